The molecule has 1 atom stereocenters. The van der Waals surface area contributed by atoms with E-state index >= 15 is 0 Å². The van der Waals surface area contributed by atoms with Crippen LogP contribution in [-0.2, 0) is 13.6 Å². The number of alkyl halides is 2. The van der Waals surface area contributed by atoms with Gasteiger partial charge in [-0.1, -0.05) is 23.9 Å². The third-order valence-electron chi connectivity index (χ3n) is 2.98. The van der Waals surface area contributed by atoms with Crippen molar-refractivity contribution in [1.82, 2.24) is 20.1 Å². The van der Waals surface area contributed by atoms with Crippen LogP contribution in [0.2, 0.25) is 0 Å². The second-order valence-corrected chi connectivity index (χ2v) is 5.41. The zero-order chi connectivity index (χ0) is 14.5. The lowest BCUT2D eigenvalue weighted by Crippen LogP contribution is -2.20. The number of aryl methyl sites for hydroxylation is 1. The Balaban J connectivity index is 1.92. The molecule has 1 aromatic heterocycles. The van der Waals surface area contributed by atoms with Crippen molar-refractivity contribution in [2.75, 3.05) is 0 Å². The molecule has 0 aliphatic heterocycles. The van der Waals surface area contributed by atoms with Crippen molar-refractivity contribution in [3.8, 4) is 0 Å². The summed E-state index contributed by atoms with van der Waals surface area (Å²) in [6.45, 7) is 2.62. The molecule has 7 heteroatoms. The number of rotatable bonds is 6. The third kappa shape index (κ3) is 4.01. The number of benzene rings is 1. The molecule has 4 nitrogen and oxygen atoms in total. The Hall–Kier alpha value is -1.47. The lowest BCUT2D eigenvalue weighted by atomic mass is 10.1. The van der Waals surface area contributed by atoms with Crippen LogP contribution >= 0.6 is 11.8 Å². The minimum Gasteiger partial charge on any atom is -0.303 e. The third-order valence-corrected chi connectivity index (χ3v) is 3.70. The molecule has 20 heavy (non-hydrogen) atoms. The van der Waals surface area contributed by atoms with E-state index in [1.54, 1.807) is 16.8 Å². The second-order valence-electron chi connectivity index (χ2n) is 4.35. The number of thioether (sulfide) groups is 1. The fourth-order valence-electron chi connectivity index (χ4n) is 1.78. The molecular weight excluding hydrogens is 282 g/mol. The standard InChI is InChI=1S/C13H16F2N4S/c1-9(16-7-12-17-8-18-19(12)2)10-3-5-11(6-4-10)20-13(14)15/h3-6,8-9,13,16H,7H2,1-2H3. The summed E-state index contributed by atoms with van der Waals surface area (Å²) in [6.07, 6.45) is 1.51. The Labute approximate surface area is 120 Å². The van der Waals surface area contributed by atoms with Gasteiger partial charge in [0.2, 0.25) is 0 Å². The molecule has 2 aromatic rings. The highest BCUT2D eigenvalue weighted by atomic mass is 32.2. The van der Waals surface area contributed by atoms with Crippen LogP contribution in [0.15, 0.2) is 35.5 Å². The molecule has 0 fully saturated rings. The van der Waals surface area contributed by atoms with Crippen molar-refractivity contribution < 1.29 is 8.78 Å². The first-order valence-electron chi connectivity index (χ1n) is 6.17. The summed E-state index contributed by atoms with van der Waals surface area (Å²) in [5.41, 5.74) is 1.05. The number of hydrogen-bond acceptors (Lipinski definition) is 4. The molecule has 108 valence electrons. The first kappa shape index (κ1) is 14.9. The molecule has 1 aromatic carbocycles. The predicted octanol–water partition coefficient (Wildman–Crippen LogP) is 2.98. The summed E-state index contributed by atoms with van der Waals surface area (Å²) in [6, 6.07) is 7.26. The van der Waals surface area contributed by atoms with Crippen molar-refractivity contribution >= 4 is 11.8 Å². The lowest BCUT2D eigenvalue weighted by molar-refractivity contribution is 0.252. The zero-order valence-electron chi connectivity index (χ0n) is 11.3. The Morgan fingerprint density at radius 3 is 2.55 bits per heavy atom. The summed E-state index contributed by atoms with van der Waals surface area (Å²) >= 11 is 0.557. The predicted molar refractivity (Wildman–Crippen MR) is 74.6 cm³/mol. The maximum Gasteiger partial charge on any atom is 0.288 e. The van der Waals surface area contributed by atoms with Gasteiger partial charge in [0.05, 0.1) is 6.54 Å². The van der Waals surface area contributed by atoms with Crippen molar-refractivity contribution in [2.24, 2.45) is 7.05 Å². The Kier molecular flexibility index (Phi) is 5.08. The molecule has 0 aliphatic rings. The van der Waals surface area contributed by atoms with E-state index in [0.717, 1.165) is 11.4 Å². The summed E-state index contributed by atoms with van der Waals surface area (Å²) in [5, 5.41) is 7.32. The second kappa shape index (κ2) is 6.81. The maximum absolute atomic E-state index is 12.2. The van der Waals surface area contributed by atoms with Crippen LogP contribution in [0, 0.1) is 0 Å². The van der Waals surface area contributed by atoms with Gasteiger partial charge >= 0.3 is 0 Å². The Morgan fingerprint density at radius 2 is 2.00 bits per heavy atom. The highest BCUT2D eigenvalue weighted by Gasteiger charge is 2.09. The maximum atomic E-state index is 12.2. The van der Waals surface area contributed by atoms with Crippen LogP contribution in [0.4, 0.5) is 8.78 Å². The number of nitrogens with one attached hydrogen (secondary N) is 1. The van der Waals surface area contributed by atoms with E-state index < -0.39 is 5.76 Å². The molecular formula is C13H16F2N4S. The fourth-order valence-corrected chi connectivity index (χ4v) is 2.28. The van der Waals surface area contributed by atoms with Gasteiger partial charge in [-0.2, -0.15) is 13.9 Å². The SMILES string of the molecule is CC(NCc1ncnn1C)c1ccc(SC(F)F)cc1. The fraction of sp³-hybridized carbons (Fsp3) is 0.385. The first-order chi connectivity index (χ1) is 9.56. The van der Waals surface area contributed by atoms with Gasteiger partial charge in [-0.05, 0) is 24.6 Å². The van der Waals surface area contributed by atoms with E-state index in [4.69, 9.17) is 0 Å². The average Bonchev–Trinajstić information content (AvgIpc) is 2.82. The van der Waals surface area contributed by atoms with Crippen molar-refractivity contribution in [3.63, 3.8) is 0 Å². The molecule has 1 heterocycles. The van der Waals surface area contributed by atoms with Crippen LogP contribution < -0.4 is 5.32 Å². The van der Waals surface area contributed by atoms with Crippen LogP contribution in [0.25, 0.3) is 0 Å². The normalized spacial score (nSPS) is 12.8. The summed E-state index contributed by atoms with van der Waals surface area (Å²) in [4.78, 5) is 4.70. The van der Waals surface area contributed by atoms with E-state index in [9.17, 15) is 8.78 Å². The smallest absolute Gasteiger partial charge is 0.288 e. The molecule has 0 radical (unpaired) electrons. The van der Waals surface area contributed by atoms with Gasteiger partial charge in [0.15, 0.2) is 0 Å². The molecule has 0 bridgehead atoms. The molecule has 2 rings (SSSR count). The minimum atomic E-state index is -2.38. The van der Waals surface area contributed by atoms with Gasteiger partial charge in [0.1, 0.15) is 12.2 Å². The molecule has 1 unspecified atom stereocenters. The monoisotopic (exact) mass is 298 g/mol. The van der Waals surface area contributed by atoms with Crippen LogP contribution in [0.3, 0.4) is 0 Å². The van der Waals surface area contributed by atoms with Gasteiger partial charge < -0.3 is 5.32 Å². The van der Waals surface area contributed by atoms with Crippen molar-refractivity contribution in [3.05, 3.63) is 42.0 Å². The summed E-state index contributed by atoms with van der Waals surface area (Å²) in [7, 11) is 1.84. The highest BCUT2D eigenvalue weighted by Crippen LogP contribution is 2.26. The number of hydrogen-bond donors (Lipinski definition) is 1. The topological polar surface area (TPSA) is 42.7 Å². The first-order valence-corrected chi connectivity index (χ1v) is 7.05. The van der Waals surface area contributed by atoms with E-state index in [1.165, 1.54) is 6.33 Å². The van der Waals surface area contributed by atoms with Gasteiger partial charge in [-0.25, -0.2) is 4.98 Å². The molecule has 0 saturated carbocycles. The van der Waals surface area contributed by atoms with Crippen LogP contribution in [0.1, 0.15) is 24.4 Å². The van der Waals surface area contributed by atoms with E-state index in [-0.39, 0.29) is 6.04 Å². The van der Waals surface area contributed by atoms with Gasteiger partial charge in [0.25, 0.3) is 5.76 Å². The van der Waals surface area contributed by atoms with E-state index in [2.05, 4.69) is 15.4 Å². The molecule has 0 spiro atoms. The number of halogens is 2. The van der Waals surface area contributed by atoms with Gasteiger partial charge in [-0.15, -0.1) is 0 Å². The molecule has 0 amide bonds. The van der Waals surface area contributed by atoms with E-state index in [1.807, 2.05) is 26.1 Å². The average molecular weight is 298 g/mol. The lowest BCUT2D eigenvalue weighted by Gasteiger charge is -2.14. The molecule has 0 saturated heterocycles. The quantitative estimate of drug-likeness (QED) is 0.833. The number of nitrogens with zero attached hydrogens (tertiary/aromatic N) is 3. The zero-order valence-corrected chi connectivity index (χ0v) is 12.1. The highest BCUT2D eigenvalue weighted by molar-refractivity contribution is 7.99. The van der Waals surface area contributed by atoms with Crippen LogP contribution in [-0.4, -0.2) is 20.5 Å². The number of aromatic nitrogens is 3. The molecule has 0 aliphatic carbocycles. The van der Waals surface area contributed by atoms with Gasteiger partial charge in [0, 0.05) is 18.0 Å². The van der Waals surface area contributed by atoms with Crippen molar-refractivity contribution in [2.45, 2.75) is 30.2 Å². The Morgan fingerprint density at radius 1 is 1.30 bits per heavy atom. The van der Waals surface area contributed by atoms with E-state index in [0.29, 0.717) is 23.2 Å². The minimum absolute atomic E-state index is 0.109. The molecule has 1 N–H and O–H groups in total. The summed E-state index contributed by atoms with van der Waals surface area (Å²) in [5.74, 6) is -1.53. The largest absolute Gasteiger partial charge is 0.303 e. The van der Waals surface area contributed by atoms with Crippen molar-refractivity contribution in [1.29, 1.82) is 0 Å². The van der Waals surface area contributed by atoms with Gasteiger partial charge in [-0.3, -0.25) is 4.68 Å². The van der Waals surface area contributed by atoms with Crippen LogP contribution in [0.5, 0.6) is 0 Å². The summed E-state index contributed by atoms with van der Waals surface area (Å²) < 4.78 is 26.2. The Bertz CT molecular complexity index is 542.